The molecule has 0 aliphatic heterocycles. The highest BCUT2D eigenvalue weighted by Gasteiger charge is 2.15. The van der Waals surface area contributed by atoms with Gasteiger partial charge in [0.25, 0.3) is 0 Å². The number of aliphatic imine (C=N–C) groups is 1. The van der Waals surface area contributed by atoms with Gasteiger partial charge in [0.05, 0.1) is 5.71 Å². The Morgan fingerprint density at radius 1 is 0.786 bits per heavy atom. The molecule has 0 amide bonds. The number of allylic oxidation sites excluding steroid dienone is 2. The average Bonchev–Trinajstić information content (AvgIpc) is 2.59. The van der Waals surface area contributed by atoms with Crippen molar-refractivity contribution in [2.75, 3.05) is 0 Å². The monoisotopic (exact) mass is 393 g/mol. The number of rotatable bonds is 4. The van der Waals surface area contributed by atoms with E-state index >= 15 is 0 Å². The quantitative estimate of drug-likeness (QED) is 0.370. The molecular weight excluding hydrogens is 362 g/mol. The molecule has 0 aliphatic rings. The Kier molecular flexibility index (Phi) is 6.72. The summed E-state index contributed by atoms with van der Waals surface area (Å²) in [5.41, 5.74) is 7.03. The Morgan fingerprint density at radius 2 is 1.18 bits per heavy atom. The van der Waals surface area contributed by atoms with E-state index in [2.05, 4.69) is 115 Å². The van der Waals surface area contributed by atoms with Crippen molar-refractivity contribution < 1.29 is 0 Å². The molecule has 0 aromatic heterocycles. The third kappa shape index (κ3) is 5.94. The van der Waals surface area contributed by atoms with Gasteiger partial charge in [-0.3, -0.25) is 0 Å². The molecule has 1 nitrogen and oxygen atoms in total. The first-order chi connectivity index (χ1) is 12.9. The van der Waals surface area contributed by atoms with Crippen LogP contribution in [0.15, 0.2) is 71.3 Å². The van der Waals surface area contributed by atoms with Gasteiger partial charge in [-0.2, -0.15) is 0 Å². The predicted octanol–water partition coefficient (Wildman–Crippen LogP) is 7.88. The van der Waals surface area contributed by atoms with Crippen LogP contribution in [0.1, 0.15) is 70.7 Å². The van der Waals surface area contributed by atoms with Gasteiger partial charge in [-0.25, -0.2) is 4.99 Å². The van der Waals surface area contributed by atoms with Crippen LogP contribution in [-0.2, 0) is 10.8 Å². The molecule has 0 saturated heterocycles. The Hall–Kier alpha value is -2.12. The maximum atomic E-state index is 6.02. The van der Waals surface area contributed by atoms with Gasteiger partial charge < -0.3 is 0 Å². The lowest BCUT2D eigenvalue weighted by atomic mass is 9.86. The third-order valence-corrected chi connectivity index (χ3v) is 4.93. The summed E-state index contributed by atoms with van der Waals surface area (Å²) in [6.45, 7) is 19.2. The molecule has 0 fully saturated rings. The molecule has 28 heavy (non-hydrogen) atoms. The highest BCUT2D eigenvalue weighted by molar-refractivity contribution is 6.30. The first kappa shape index (κ1) is 22.2. The first-order valence-corrected chi connectivity index (χ1v) is 10.1. The van der Waals surface area contributed by atoms with Crippen molar-refractivity contribution in [2.45, 2.75) is 59.3 Å². The van der Waals surface area contributed by atoms with Crippen molar-refractivity contribution in [2.24, 2.45) is 4.99 Å². The van der Waals surface area contributed by atoms with Crippen LogP contribution >= 0.6 is 11.6 Å². The Bertz CT molecular complexity index is 883. The largest absolute Gasteiger partial charge is 0.237 e. The van der Waals surface area contributed by atoms with Gasteiger partial charge in [-0.15, -0.1) is 0 Å². The number of hydrogen-bond donors (Lipinski definition) is 0. The van der Waals surface area contributed by atoms with Crippen molar-refractivity contribution in [3.05, 3.63) is 88.6 Å². The molecule has 0 N–H and O–H groups in total. The van der Waals surface area contributed by atoms with E-state index in [4.69, 9.17) is 11.6 Å². The minimum absolute atomic E-state index is 0.118. The summed E-state index contributed by atoms with van der Waals surface area (Å²) in [6.07, 6.45) is 2.08. The van der Waals surface area contributed by atoms with Gasteiger partial charge in [-0.05, 0) is 46.1 Å². The summed E-state index contributed by atoms with van der Waals surface area (Å²) >= 11 is 6.02. The summed E-state index contributed by atoms with van der Waals surface area (Å²) in [4.78, 5) is 4.47. The molecule has 0 aliphatic carbocycles. The molecule has 2 heteroatoms. The number of halogens is 1. The first-order valence-electron chi connectivity index (χ1n) is 9.71. The van der Waals surface area contributed by atoms with Crippen LogP contribution in [0.4, 0.5) is 0 Å². The topological polar surface area (TPSA) is 12.4 Å². The second-order valence-corrected chi connectivity index (χ2v) is 9.79. The summed E-state index contributed by atoms with van der Waals surface area (Å²) in [5.74, 6) is 0. The summed E-state index contributed by atoms with van der Waals surface area (Å²) in [6, 6.07) is 17.2. The fourth-order valence-corrected chi connectivity index (χ4v) is 3.06. The van der Waals surface area contributed by atoms with E-state index in [-0.39, 0.29) is 16.0 Å². The van der Waals surface area contributed by atoms with Crippen molar-refractivity contribution >= 4 is 22.9 Å². The second kappa shape index (κ2) is 8.49. The van der Waals surface area contributed by atoms with Crippen molar-refractivity contribution in [1.82, 2.24) is 0 Å². The normalized spacial score (nSPS) is 13.6. The van der Waals surface area contributed by atoms with E-state index in [1.807, 2.05) is 0 Å². The van der Waals surface area contributed by atoms with Crippen LogP contribution in [0, 0.1) is 0 Å². The molecule has 0 heterocycles. The van der Waals surface area contributed by atoms with Gasteiger partial charge in [0.15, 0.2) is 0 Å². The Balaban J connectivity index is 2.40. The van der Waals surface area contributed by atoms with Crippen LogP contribution in [0.3, 0.4) is 0 Å². The highest BCUT2D eigenvalue weighted by Crippen LogP contribution is 2.26. The maximum Gasteiger partial charge on any atom is 0.122 e. The van der Waals surface area contributed by atoms with Crippen molar-refractivity contribution in [3.63, 3.8) is 0 Å². The molecule has 0 bridgehead atoms. The fraction of sp³-hybridized carbons (Fsp3) is 0.346. The molecule has 2 aromatic carbocycles. The Labute approximate surface area is 175 Å². The van der Waals surface area contributed by atoms with E-state index in [1.165, 1.54) is 16.7 Å². The molecule has 148 valence electrons. The SMILES string of the molecule is C=C(Cl)N=C(/C=C(\C)c1ccc(C(C)(C)C)cc1)c1ccc(C(C)(C)C)cc1. The number of nitrogens with zero attached hydrogens (tertiary/aromatic N) is 1. The molecular formula is C26H32ClN. The number of benzene rings is 2. The summed E-state index contributed by atoms with van der Waals surface area (Å²) in [5, 5.41) is 0.280. The van der Waals surface area contributed by atoms with Crippen LogP contribution in [-0.4, -0.2) is 5.71 Å². The molecule has 0 unspecified atom stereocenters. The molecule has 0 saturated carbocycles. The average molecular weight is 394 g/mol. The van der Waals surface area contributed by atoms with E-state index in [1.54, 1.807) is 0 Å². The van der Waals surface area contributed by atoms with Crippen LogP contribution < -0.4 is 0 Å². The molecule has 2 aromatic rings. The van der Waals surface area contributed by atoms with Crippen LogP contribution in [0.5, 0.6) is 0 Å². The van der Waals surface area contributed by atoms with E-state index in [0.29, 0.717) is 0 Å². The minimum Gasteiger partial charge on any atom is -0.237 e. The molecule has 0 spiro atoms. The lowest BCUT2D eigenvalue weighted by Crippen LogP contribution is -2.11. The van der Waals surface area contributed by atoms with E-state index in [0.717, 1.165) is 16.8 Å². The second-order valence-electron chi connectivity index (χ2n) is 9.36. The third-order valence-electron chi connectivity index (χ3n) is 4.85. The Morgan fingerprint density at radius 3 is 1.54 bits per heavy atom. The maximum absolute atomic E-state index is 6.02. The zero-order chi connectivity index (χ0) is 21.1. The highest BCUT2D eigenvalue weighted by atomic mass is 35.5. The van der Waals surface area contributed by atoms with Gasteiger partial charge in [-0.1, -0.05) is 108 Å². The van der Waals surface area contributed by atoms with E-state index in [9.17, 15) is 0 Å². The lowest BCUT2D eigenvalue weighted by molar-refractivity contribution is 0.590. The lowest BCUT2D eigenvalue weighted by Gasteiger charge is -2.19. The van der Waals surface area contributed by atoms with Crippen molar-refractivity contribution in [1.29, 1.82) is 0 Å². The summed E-state index contributed by atoms with van der Waals surface area (Å²) in [7, 11) is 0. The summed E-state index contributed by atoms with van der Waals surface area (Å²) < 4.78 is 0. The van der Waals surface area contributed by atoms with Crippen LogP contribution in [0.25, 0.3) is 5.57 Å². The standard InChI is InChI=1S/C26H32ClN/c1-18(20-9-13-22(14-10-20)25(3,4)5)17-24(28-19(2)27)21-11-15-23(16-12-21)26(6,7)8/h9-17H,2H2,1,3-8H3/b18-17+,28-24?. The smallest absolute Gasteiger partial charge is 0.122 e. The zero-order valence-electron chi connectivity index (χ0n) is 18.2. The zero-order valence-corrected chi connectivity index (χ0v) is 19.0. The minimum atomic E-state index is 0.118. The predicted molar refractivity (Wildman–Crippen MR) is 125 cm³/mol. The van der Waals surface area contributed by atoms with E-state index < -0.39 is 0 Å². The number of hydrogen-bond acceptors (Lipinski definition) is 1. The van der Waals surface area contributed by atoms with Crippen molar-refractivity contribution in [3.8, 4) is 0 Å². The molecule has 0 atom stereocenters. The molecule has 2 rings (SSSR count). The van der Waals surface area contributed by atoms with Gasteiger partial charge in [0.1, 0.15) is 5.16 Å². The van der Waals surface area contributed by atoms with Gasteiger partial charge in [0.2, 0.25) is 0 Å². The van der Waals surface area contributed by atoms with Gasteiger partial charge >= 0.3 is 0 Å². The van der Waals surface area contributed by atoms with Crippen LogP contribution in [0.2, 0.25) is 0 Å². The molecule has 0 radical (unpaired) electrons. The fourth-order valence-electron chi connectivity index (χ4n) is 2.97. The van der Waals surface area contributed by atoms with Gasteiger partial charge in [0, 0.05) is 5.56 Å².